The Morgan fingerprint density at radius 3 is 2.77 bits per heavy atom. The third kappa shape index (κ3) is 2.29. The number of rotatable bonds is 2. The van der Waals surface area contributed by atoms with Crippen LogP contribution in [0.5, 0.6) is 5.75 Å². The van der Waals surface area contributed by atoms with Crippen LogP contribution in [0, 0.1) is 0 Å². The summed E-state index contributed by atoms with van der Waals surface area (Å²) in [6.45, 7) is 0. The molecular weight excluding hydrogens is 238 g/mol. The molecule has 0 aliphatic rings. The molecule has 0 spiro atoms. The standard InChI is InChI=1S/C8H6BrNO3/c9-6-3-5(1-2-7(6)11)8(12)4-10-13/h1-4,11,13H/b10-4-. The van der Waals surface area contributed by atoms with E-state index in [1.165, 1.54) is 18.2 Å². The maximum atomic E-state index is 11.1. The smallest absolute Gasteiger partial charge is 0.207 e. The molecule has 4 nitrogen and oxygen atoms in total. The lowest BCUT2D eigenvalue weighted by Gasteiger charge is -1.98. The summed E-state index contributed by atoms with van der Waals surface area (Å²) in [7, 11) is 0. The van der Waals surface area contributed by atoms with Gasteiger partial charge in [-0.25, -0.2) is 0 Å². The monoisotopic (exact) mass is 243 g/mol. The van der Waals surface area contributed by atoms with Gasteiger partial charge in [-0.2, -0.15) is 0 Å². The van der Waals surface area contributed by atoms with Crippen LogP contribution in [0.4, 0.5) is 0 Å². The number of hydrogen-bond acceptors (Lipinski definition) is 4. The maximum absolute atomic E-state index is 11.1. The lowest BCUT2D eigenvalue weighted by Crippen LogP contribution is -1.99. The summed E-state index contributed by atoms with van der Waals surface area (Å²) < 4.78 is 0.421. The number of phenolic OH excluding ortho intramolecular Hbond substituents is 1. The molecule has 0 saturated heterocycles. The van der Waals surface area contributed by atoms with Gasteiger partial charge in [0.15, 0.2) is 0 Å². The lowest BCUT2D eigenvalue weighted by atomic mass is 10.1. The van der Waals surface area contributed by atoms with E-state index in [2.05, 4.69) is 21.1 Å². The van der Waals surface area contributed by atoms with Crippen molar-refractivity contribution in [3.05, 3.63) is 28.2 Å². The van der Waals surface area contributed by atoms with E-state index in [-0.39, 0.29) is 5.75 Å². The van der Waals surface area contributed by atoms with E-state index >= 15 is 0 Å². The fourth-order valence-electron chi connectivity index (χ4n) is 0.787. The molecule has 0 aromatic heterocycles. The fourth-order valence-corrected chi connectivity index (χ4v) is 1.17. The van der Waals surface area contributed by atoms with Crippen LogP contribution in [0.15, 0.2) is 27.8 Å². The largest absolute Gasteiger partial charge is 0.507 e. The number of ketones is 1. The van der Waals surface area contributed by atoms with E-state index in [9.17, 15) is 4.79 Å². The normalized spacial score (nSPS) is 10.5. The van der Waals surface area contributed by atoms with Gasteiger partial charge in [0.25, 0.3) is 0 Å². The summed E-state index contributed by atoms with van der Waals surface area (Å²) in [6, 6.07) is 4.26. The van der Waals surface area contributed by atoms with E-state index in [4.69, 9.17) is 10.3 Å². The zero-order chi connectivity index (χ0) is 9.84. The Morgan fingerprint density at radius 1 is 1.54 bits per heavy atom. The molecule has 0 aliphatic carbocycles. The SMILES string of the molecule is O=C(/C=N\O)c1ccc(O)c(Br)c1. The molecule has 0 fully saturated rings. The van der Waals surface area contributed by atoms with Crippen molar-refractivity contribution in [2.45, 2.75) is 0 Å². The summed E-state index contributed by atoms with van der Waals surface area (Å²) in [5.41, 5.74) is 0.336. The van der Waals surface area contributed by atoms with E-state index < -0.39 is 5.78 Å². The first-order chi connectivity index (χ1) is 6.15. The number of carbonyl (C=O) groups is 1. The number of benzene rings is 1. The second-order valence-electron chi connectivity index (χ2n) is 2.28. The molecule has 0 unspecified atom stereocenters. The summed E-state index contributed by atoms with van der Waals surface area (Å²) in [6.07, 6.45) is 0.790. The van der Waals surface area contributed by atoms with Gasteiger partial charge < -0.3 is 10.3 Å². The van der Waals surface area contributed by atoms with Crippen LogP contribution in [-0.4, -0.2) is 22.3 Å². The molecule has 0 radical (unpaired) electrons. The third-order valence-corrected chi connectivity index (χ3v) is 2.04. The Labute approximate surface area is 82.6 Å². The van der Waals surface area contributed by atoms with E-state index in [0.717, 1.165) is 6.21 Å². The van der Waals surface area contributed by atoms with Crippen molar-refractivity contribution in [1.82, 2.24) is 0 Å². The summed E-state index contributed by atoms with van der Waals surface area (Å²) in [5, 5.41) is 19.8. The Hall–Kier alpha value is -1.36. The first kappa shape index (κ1) is 9.73. The molecule has 1 aromatic carbocycles. The zero-order valence-electron chi connectivity index (χ0n) is 6.44. The number of nitrogens with zero attached hydrogens (tertiary/aromatic N) is 1. The van der Waals surface area contributed by atoms with Crippen molar-refractivity contribution < 1.29 is 15.1 Å². The van der Waals surface area contributed by atoms with Gasteiger partial charge in [0, 0.05) is 5.56 Å². The van der Waals surface area contributed by atoms with Gasteiger partial charge in [-0.15, -0.1) is 0 Å². The van der Waals surface area contributed by atoms with Gasteiger partial charge in [-0.3, -0.25) is 4.79 Å². The molecule has 5 heteroatoms. The Morgan fingerprint density at radius 2 is 2.23 bits per heavy atom. The molecule has 0 amide bonds. The number of phenols is 1. The van der Waals surface area contributed by atoms with E-state index in [1.807, 2.05) is 0 Å². The minimum Gasteiger partial charge on any atom is -0.507 e. The molecule has 68 valence electrons. The molecule has 0 heterocycles. The van der Waals surface area contributed by atoms with Crippen molar-refractivity contribution >= 4 is 27.9 Å². The van der Waals surface area contributed by atoms with Crippen LogP contribution in [0.3, 0.4) is 0 Å². The van der Waals surface area contributed by atoms with E-state index in [1.54, 1.807) is 0 Å². The van der Waals surface area contributed by atoms with Crippen molar-refractivity contribution in [3.63, 3.8) is 0 Å². The minimum atomic E-state index is -0.428. The van der Waals surface area contributed by atoms with Gasteiger partial charge in [0.1, 0.15) is 12.0 Å². The minimum absolute atomic E-state index is 0.0532. The van der Waals surface area contributed by atoms with Crippen molar-refractivity contribution in [1.29, 1.82) is 0 Å². The Kier molecular flexibility index (Phi) is 3.02. The highest BCUT2D eigenvalue weighted by Gasteiger charge is 2.05. The van der Waals surface area contributed by atoms with Crippen LogP contribution in [0.1, 0.15) is 10.4 Å². The van der Waals surface area contributed by atoms with Crippen LogP contribution in [0.25, 0.3) is 0 Å². The quantitative estimate of drug-likeness (QED) is 0.360. The highest BCUT2D eigenvalue weighted by atomic mass is 79.9. The Balaban J connectivity index is 3.04. The average molecular weight is 244 g/mol. The number of halogens is 1. The van der Waals surface area contributed by atoms with Crippen LogP contribution < -0.4 is 0 Å². The summed E-state index contributed by atoms with van der Waals surface area (Å²) in [4.78, 5) is 11.1. The van der Waals surface area contributed by atoms with Crippen LogP contribution in [-0.2, 0) is 0 Å². The maximum Gasteiger partial charge on any atom is 0.207 e. The molecule has 1 rings (SSSR count). The third-order valence-electron chi connectivity index (χ3n) is 1.41. The fraction of sp³-hybridized carbons (Fsp3) is 0. The van der Waals surface area contributed by atoms with Crippen molar-refractivity contribution in [3.8, 4) is 5.75 Å². The summed E-state index contributed by atoms with van der Waals surface area (Å²) >= 11 is 3.06. The first-order valence-electron chi connectivity index (χ1n) is 3.35. The highest BCUT2D eigenvalue weighted by molar-refractivity contribution is 9.10. The van der Waals surface area contributed by atoms with Gasteiger partial charge >= 0.3 is 0 Å². The molecular formula is C8H6BrNO3. The number of aromatic hydroxyl groups is 1. The molecule has 0 saturated carbocycles. The molecule has 13 heavy (non-hydrogen) atoms. The van der Waals surface area contributed by atoms with E-state index in [0.29, 0.717) is 10.0 Å². The second-order valence-corrected chi connectivity index (χ2v) is 3.13. The molecule has 0 aliphatic heterocycles. The predicted molar refractivity (Wildman–Crippen MR) is 50.4 cm³/mol. The topological polar surface area (TPSA) is 69.9 Å². The molecule has 1 aromatic rings. The highest BCUT2D eigenvalue weighted by Crippen LogP contribution is 2.24. The molecule has 2 N–H and O–H groups in total. The predicted octanol–water partition coefficient (Wildman–Crippen LogP) is 1.80. The van der Waals surface area contributed by atoms with Crippen LogP contribution in [0.2, 0.25) is 0 Å². The van der Waals surface area contributed by atoms with Gasteiger partial charge in [0.05, 0.1) is 4.47 Å². The van der Waals surface area contributed by atoms with Crippen molar-refractivity contribution in [2.75, 3.05) is 0 Å². The summed E-state index contributed by atoms with van der Waals surface area (Å²) in [5.74, 6) is -0.374. The number of oxime groups is 1. The van der Waals surface area contributed by atoms with Gasteiger partial charge in [0.2, 0.25) is 5.78 Å². The second kappa shape index (κ2) is 4.04. The average Bonchev–Trinajstić information content (AvgIpc) is 2.10. The lowest BCUT2D eigenvalue weighted by molar-refractivity contribution is 0.106. The Bertz CT molecular complexity index is 362. The molecule has 0 bridgehead atoms. The van der Waals surface area contributed by atoms with Gasteiger partial charge in [-0.1, -0.05) is 5.16 Å². The first-order valence-corrected chi connectivity index (χ1v) is 4.14. The number of carbonyl (C=O) groups excluding carboxylic acids is 1. The van der Waals surface area contributed by atoms with Crippen LogP contribution >= 0.6 is 15.9 Å². The number of Topliss-reactive ketones (excluding diaryl/α,β-unsaturated/α-hetero) is 1. The molecule has 0 atom stereocenters. The van der Waals surface area contributed by atoms with Crippen molar-refractivity contribution in [2.24, 2.45) is 5.16 Å². The zero-order valence-corrected chi connectivity index (χ0v) is 8.02. The van der Waals surface area contributed by atoms with Gasteiger partial charge in [-0.05, 0) is 34.1 Å². The number of hydrogen-bond donors (Lipinski definition) is 2.